The minimum atomic E-state index is -3.69. The zero-order valence-corrected chi connectivity index (χ0v) is 9.84. The molecule has 1 N–H and O–H groups in total. The molecule has 1 aromatic rings. The van der Waals surface area contributed by atoms with Crippen molar-refractivity contribution in [2.24, 2.45) is 0 Å². The van der Waals surface area contributed by atoms with E-state index in [0.29, 0.717) is 18.9 Å². The van der Waals surface area contributed by atoms with Crippen LogP contribution in [0.1, 0.15) is 23.2 Å². The monoisotopic (exact) mass is 277 g/mol. The first kappa shape index (κ1) is 12.7. The summed E-state index contributed by atoms with van der Waals surface area (Å²) in [4.78, 5) is 14.8. The van der Waals surface area contributed by atoms with Crippen molar-refractivity contribution >= 4 is 15.9 Å². The molecular weight excluding hydrogens is 268 g/mol. The second kappa shape index (κ2) is 4.52. The Morgan fingerprint density at radius 3 is 2.56 bits per heavy atom. The van der Waals surface area contributed by atoms with Gasteiger partial charge in [0.2, 0.25) is 15.8 Å². The van der Waals surface area contributed by atoms with Crippen LogP contribution in [0.3, 0.4) is 0 Å². The van der Waals surface area contributed by atoms with Crippen LogP contribution in [0.15, 0.2) is 18.2 Å². The Balaban J connectivity index is 2.16. The van der Waals surface area contributed by atoms with Gasteiger partial charge in [0, 0.05) is 10.1 Å². The van der Waals surface area contributed by atoms with Crippen molar-refractivity contribution in [2.75, 3.05) is 0 Å². The molecule has 1 fully saturated rings. The number of rotatable bonds is 4. The van der Waals surface area contributed by atoms with Gasteiger partial charge in [-0.3, -0.25) is 9.74 Å². The molecule has 0 aromatic heterocycles. The zero-order chi connectivity index (χ0) is 13.3. The van der Waals surface area contributed by atoms with Gasteiger partial charge in [-0.15, -0.1) is 0 Å². The van der Waals surface area contributed by atoms with Crippen LogP contribution in [0, 0.1) is 5.82 Å². The predicted molar refractivity (Wildman–Crippen MR) is 57.5 cm³/mol. The lowest BCUT2D eigenvalue weighted by atomic mass is 10.2. The van der Waals surface area contributed by atoms with Crippen LogP contribution in [0.4, 0.5) is 8.92 Å². The highest BCUT2D eigenvalue weighted by Gasteiger charge is 2.37. The number of carbonyl (C=O) groups is 1. The summed E-state index contributed by atoms with van der Waals surface area (Å²) in [6.07, 6.45) is 1.01. The molecule has 18 heavy (non-hydrogen) atoms. The van der Waals surface area contributed by atoms with Gasteiger partial charge in [0.15, 0.2) is 5.82 Å². The minimum absolute atomic E-state index is 0.225. The second-order valence-electron chi connectivity index (χ2n) is 3.90. The molecule has 0 atom stereocenters. The van der Waals surface area contributed by atoms with E-state index in [9.17, 15) is 22.1 Å². The first-order chi connectivity index (χ1) is 8.44. The second-order valence-corrected chi connectivity index (χ2v) is 5.86. The number of hydrogen-bond donors (Lipinski definition) is 1. The number of hydrogen-bond acceptors (Lipinski definition) is 4. The molecule has 0 radical (unpaired) electrons. The maximum atomic E-state index is 13.1. The average molecular weight is 277 g/mol. The Morgan fingerprint density at radius 1 is 1.39 bits per heavy atom. The highest BCUT2D eigenvalue weighted by atomic mass is 32.2. The largest absolute Gasteiger partial charge is 0.291 e. The van der Waals surface area contributed by atoms with Crippen molar-refractivity contribution in [1.29, 1.82) is 0 Å². The Labute approximate surface area is 102 Å². The van der Waals surface area contributed by atoms with Gasteiger partial charge in [0.1, 0.15) is 0 Å². The Kier molecular flexibility index (Phi) is 3.20. The quantitative estimate of drug-likeness (QED) is 0.900. The first-order valence-electron chi connectivity index (χ1n) is 5.08. The lowest BCUT2D eigenvalue weighted by molar-refractivity contribution is -0.0107. The molecule has 0 heterocycles. The molecule has 0 unspecified atom stereocenters. The van der Waals surface area contributed by atoms with Crippen molar-refractivity contribution in [2.45, 2.75) is 18.1 Å². The molecule has 1 aliphatic rings. The smallest absolute Gasteiger partial charge is 0.264 e. The van der Waals surface area contributed by atoms with Gasteiger partial charge in [0.25, 0.3) is 5.91 Å². The van der Waals surface area contributed by atoms with E-state index in [4.69, 9.17) is 0 Å². The summed E-state index contributed by atoms with van der Waals surface area (Å²) >= 11 is 0. The number of halogens is 2. The molecule has 98 valence electrons. The summed E-state index contributed by atoms with van der Waals surface area (Å²) in [6.45, 7) is 0. The van der Waals surface area contributed by atoms with Crippen molar-refractivity contribution in [3.63, 3.8) is 0 Å². The molecule has 2 rings (SSSR count). The lowest BCUT2D eigenvalue weighted by Crippen LogP contribution is -2.33. The number of amides is 1. The fourth-order valence-corrected chi connectivity index (χ4v) is 2.65. The molecule has 8 heteroatoms. The van der Waals surface area contributed by atoms with E-state index in [0.717, 1.165) is 12.1 Å². The molecule has 1 saturated carbocycles. The Bertz CT molecular complexity index is 584. The van der Waals surface area contributed by atoms with Gasteiger partial charge in [-0.2, -0.15) is 0 Å². The van der Waals surface area contributed by atoms with Gasteiger partial charge in [0.05, 0.1) is 5.25 Å². The van der Waals surface area contributed by atoms with Crippen LogP contribution in [0.5, 0.6) is 5.75 Å². The zero-order valence-electron chi connectivity index (χ0n) is 9.02. The summed E-state index contributed by atoms with van der Waals surface area (Å²) in [5.74, 6) is -2.71. The van der Waals surface area contributed by atoms with Crippen LogP contribution in [0.25, 0.3) is 0 Å². The summed E-state index contributed by atoms with van der Waals surface area (Å²) in [5.41, 5.74) is -0.225. The van der Waals surface area contributed by atoms with Gasteiger partial charge in [-0.1, -0.05) is 0 Å². The van der Waals surface area contributed by atoms with E-state index in [1.165, 1.54) is 0 Å². The van der Waals surface area contributed by atoms with Crippen LogP contribution in [-0.2, 0) is 10.0 Å². The maximum Gasteiger partial charge on any atom is 0.264 e. The van der Waals surface area contributed by atoms with Crippen LogP contribution < -0.4 is 9.66 Å². The Hall–Kier alpha value is -1.70. The van der Waals surface area contributed by atoms with Gasteiger partial charge in [-0.25, -0.2) is 17.5 Å². The number of nitrogens with one attached hydrogen (secondary N) is 1. The van der Waals surface area contributed by atoms with Crippen LogP contribution >= 0.6 is 0 Å². The number of benzene rings is 1. The highest BCUT2D eigenvalue weighted by Crippen LogP contribution is 2.27. The fourth-order valence-electron chi connectivity index (χ4n) is 1.35. The summed E-state index contributed by atoms with van der Waals surface area (Å²) in [5, 5.41) is -0.556. The molecule has 0 saturated heterocycles. The highest BCUT2D eigenvalue weighted by molar-refractivity contribution is 7.91. The first-order valence-corrected chi connectivity index (χ1v) is 6.63. The average Bonchev–Trinajstić information content (AvgIpc) is 3.12. The molecule has 1 amide bonds. The van der Waals surface area contributed by atoms with Crippen molar-refractivity contribution < 1.29 is 27.1 Å². The van der Waals surface area contributed by atoms with Gasteiger partial charge < -0.3 is 0 Å². The van der Waals surface area contributed by atoms with Crippen LogP contribution in [0.2, 0.25) is 0 Å². The van der Waals surface area contributed by atoms with Crippen molar-refractivity contribution in [1.82, 2.24) is 4.72 Å². The van der Waals surface area contributed by atoms with Gasteiger partial charge in [-0.05, 0) is 31.0 Å². The molecule has 5 nitrogen and oxygen atoms in total. The third-order valence-electron chi connectivity index (χ3n) is 2.48. The predicted octanol–water partition coefficient (Wildman–Crippen LogP) is 1.31. The SMILES string of the molecule is O=C(NS(=O)(=O)C1CC1)c1ccc(OF)c(F)c1. The molecule has 1 aliphatic carbocycles. The number of sulfonamides is 1. The van der Waals surface area contributed by atoms with E-state index in [1.807, 2.05) is 4.72 Å². The van der Waals surface area contributed by atoms with Crippen molar-refractivity contribution in [3.05, 3.63) is 29.6 Å². The number of carbonyl (C=O) groups excluding carboxylic acids is 1. The van der Waals surface area contributed by atoms with Gasteiger partial charge >= 0.3 is 0 Å². The molecular formula is C10H9F2NO4S. The lowest BCUT2D eigenvalue weighted by Gasteiger charge is -2.06. The standard InChI is InChI=1S/C10H9F2NO4S/c11-8-5-6(1-4-9(8)17-12)10(14)13-18(15,16)7-2-3-7/h1,4-5,7H,2-3H2,(H,13,14). The normalized spacial score (nSPS) is 15.2. The molecule has 0 bridgehead atoms. The molecule has 0 spiro atoms. The van der Waals surface area contributed by atoms with E-state index >= 15 is 0 Å². The minimum Gasteiger partial charge on any atom is -0.291 e. The summed E-state index contributed by atoms with van der Waals surface area (Å²) in [7, 11) is -3.69. The van der Waals surface area contributed by atoms with E-state index < -0.39 is 32.7 Å². The van der Waals surface area contributed by atoms with Crippen molar-refractivity contribution in [3.8, 4) is 5.75 Å². The van der Waals surface area contributed by atoms with E-state index in [2.05, 4.69) is 4.94 Å². The molecule has 0 aliphatic heterocycles. The van der Waals surface area contributed by atoms with E-state index in [-0.39, 0.29) is 5.56 Å². The fraction of sp³-hybridized carbons (Fsp3) is 0.300. The van der Waals surface area contributed by atoms with E-state index in [1.54, 1.807) is 0 Å². The summed E-state index contributed by atoms with van der Waals surface area (Å²) < 4.78 is 49.7. The van der Waals surface area contributed by atoms with Crippen LogP contribution in [-0.4, -0.2) is 19.6 Å². The molecule has 1 aromatic carbocycles. The summed E-state index contributed by atoms with van der Waals surface area (Å²) in [6, 6.07) is 2.66. The third-order valence-corrected chi connectivity index (χ3v) is 4.29. The topological polar surface area (TPSA) is 72.5 Å². The third kappa shape index (κ3) is 2.58. The Morgan fingerprint density at radius 2 is 2.06 bits per heavy atom. The maximum absolute atomic E-state index is 13.1.